The third-order valence-electron chi connectivity index (χ3n) is 5.20. The molecule has 0 bridgehead atoms. The van der Waals surface area contributed by atoms with E-state index >= 15 is 0 Å². The molecule has 0 aromatic heterocycles. The highest BCUT2D eigenvalue weighted by Crippen LogP contribution is 2.23. The largest absolute Gasteiger partial charge is 0.357 e. The van der Waals surface area contributed by atoms with Crippen molar-refractivity contribution in [3.8, 4) is 0 Å². The molecule has 0 amide bonds. The van der Waals surface area contributed by atoms with Crippen molar-refractivity contribution in [1.29, 1.82) is 0 Å². The lowest BCUT2D eigenvalue weighted by Crippen LogP contribution is -2.46. The molecule has 2 N–H and O–H groups in total. The van der Waals surface area contributed by atoms with Gasteiger partial charge in [0.05, 0.1) is 6.54 Å². The molecule has 1 aliphatic carbocycles. The number of hydrogen-bond acceptors (Lipinski definition) is 2. The molecule has 4 nitrogen and oxygen atoms in total. The first-order valence-electron chi connectivity index (χ1n) is 9.93. The molecule has 1 aromatic carbocycles. The van der Waals surface area contributed by atoms with Crippen LogP contribution in [0.5, 0.6) is 0 Å². The fraction of sp³-hybridized carbons (Fsp3) is 0.667. The lowest BCUT2D eigenvalue weighted by molar-refractivity contribution is 0.413. The Balaban J connectivity index is 0.00000364. The monoisotopic (exact) mass is 505 g/mol. The smallest absolute Gasteiger partial charge is 0.191 e. The van der Waals surface area contributed by atoms with Crippen LogP contribution in [0.25, 0.3) is 0 Å². The number of nitrogens with one attached hydrogen (secondary N) is 2. The highest BCUT2D eigenvalue weighted by Gasteiger charge is 2.26. The van der Waals surface area contributed by atoms with Crippen molar-refractivity contribution in [1.82, 2.24) is 10.6 Å². The molecule has 0 aliphatic heterocycles. The van der Waals surface area contributed by atoms with Gasteiger partial charge in [-0.25, -0.2) is 4.99 Å². The summed E-state index contributed by atoms with van der Waals surface area (Å²) in [7, 11) is -0.695. The van der Waals surface area contributed by atoms with Gasteiger partial charge in [-0.05, 0) is 63.6 Å². The standard InChI is InChI=1S/C21H35N3OS.HI/c1-6-22-21(23-14-20-16(4)11-15(3)12-17(20)5)24-18-9-8-10-19(13-18)26(25)7-2;/h11-12,18-19H,6-10,13-14H2,1-5H3,(H2,22,23,24);1H. The predicted molar refractivity (Wildman–Crippen MR) is 129 cm³/mol. The maximum atomic E-state index is 12.2. The van der Waals surface area contributed by atoms with Crippen LogP contribution in [-0.2, 0) is 17.3 Å². The summed E-state index contributed by atoms with van der Waals surface area (Å²) in [4.78, 5) is 4.84. The van der Waals surface area contributed by atoms with E-state index in [9.17, 15) is 4.21 Å². The molecule has 3 unspecified atom stereocenters. The van der Waals surface area contributed by atoms with E-state index in [1.165, 1.54) is 22.3 Å². The summed E-state index contributed by atoms with van der Waals surface area (Å²) in [5.41, 5.74) is 5.22. The SMILES string of the molecule is CCNC(=NCc1c(C)cc(C)cc1C)NC1CCCC(S(=O)CC)C1.I. The highest BCUT2D eigenvalue weighted by atomic mass is 127. The maximum absolute atomic E-state index is 12.2. The fourth-order valence-electron chi connectivity index (χ4n) is 3.88. The zero-order valence-electron chi connectivity index (χ0n) is 17.4. The number of benzene rings is 1. The molecule has 0 radical (unpaired) electrons. The molecule has 27 heavy (non-hydrogen) atoms. The Labute approximate surface area is 184 Å². The average Bonchev–Trinajstić information content (AvgIpc) is 2.60. The number of hydrogen-bond donors (Lipinski definition) is 2. The molecular formula is C21H36IN3OS. The van der Waals surface area contributed by atoms with Gasteiger partial charge in [0.15, 0.2) is 5.96 Å². The van der Waals surface area contributed by atoms with E-state index in [0.29, 0.717) is 17.8 Å². The zero-order valence-corrected chi connectivity index (χ0v) is 20.6. The van der Waals surface area contributed by atoms with E-state index < -0.39 is 10.8 Å². The molecule has 1 fully saturated rings. The molecule has 6 heteroatoms. The summed E-state index contributed by atoms with van der Waals surface area (Å²) in [5, 5.41) is 7.29. The van der Waals surface area contributed by atoms with Gasteiger partial charge in [-0.15, -0.1) is 24.0 Å². The Hall–Kier alpha value is -0.630. The van der Waals surface area contributed by atoms with Gasteiger partial charge in [0.1, 0.15) is 0 Å². The first kappa shape index (κ1) is 24.4. The van der Waals surface area contributed by atoms with Crippen LogP contribution in [0.1, 0.15) is 61.8 Å². The van der Waals surface area contributed by atoms with E-state index in [2.05, 4.69) is 50.5 Å². The van der Waals surface area contributed by atoms with Crippen LogP contribution in [0, 0.1) is 20.8 Å². The van der Waals surface area contributed by atoms with Crippen molar-refractivity contribution < 1.29 is 4.21 Å². The van der Waals surface area contributed by atoms with Crippen LogP contribution < -0.4 is 10.6 Å². The lowest BCUT2D eigenvalue weighted by Gasteiger charge is -2.30. The van der Waals surface area contributed by atoms with E-state index in [1.807, 2.05) is 6.92 Å². The summed E-state index contributed by atoms with van der Waals surface area (Å²) in [6.45, 7) is 12.1. The number of nitrogens with zero attached hydrogens (tertiary/aromatic N) is 1. The van der Waals surface area contributed by atoms with E-state index in [1.54, 1.807) is 0 Å². The first-order chi connectivity index (χ1) is 12.4. The second-order valence-electron chi connectivity index (χ2n) is 7.37. The maximum Gasteiger partial charge on any atom is 0.191 e. The highest BCUT2D eigenvalue weighted by molar-refractivity contribution is 14.0. The molecule has 3 atom stereocenters. The number of guanidine groups is 1. The molecule has 0 saturated heterocycles. The third-order valence-corrected chi connectivity index (χ3v) is 6.94. The molecule has 0 spiro atoms. The van der Waals surface area contributed by atoms with Crippen molar-refractivity contribution in [3.05, 3.63) is 34.4 Å². The Bertz CT molecular complexity index is 640. The lowest BCUT2D eigenvalue weighted by atomic mass is 9.95. The van der Waals surface area contributed by atoms with Crippen molar-refractivity contribution in [2.45, 2.75) is 78.1 Å². The van der Waals surface area contributed by atoms with Gasteiger partial charge in [-0.3, -0.25) is 4.21 Å². The van der Waals surface area contributed by atoms with Crippen LogP contribution in [0.4, 0.5) is 0 Å². The normalized spacial score (nSPS) is 21.3. The summed E-state index contributed by atoms with van der Waals surface area (Å²) in [5.74, 6) is 1.64. The van der Waals surface area contributed by atoms with Gasteiger partial charge in [-0.1, -0.05) is 31.0 Å². The summed E-state index contributed by atoms with van der Waals surface area (Å²) in [6, 6.07) is 4.82. The summed E-state index contributed by atoms with van der Waals surface area (Å²) in [6.07, 6.45) is 4.34. The predicted octanol–water partition coefficient (Wildman–Crippen LogP) is 4.36. The molecule has 1 saturated carbocycles. The number of aryl methyl sites for hydroxylation is 3. The molecule has 0 heterocycles. The van der Waals surface area contributed by atoms with Gasteiger partial charge in [0.2, 0.25) is 0 Å². The van der Waals surface area contributed by atoms with Crippen LogP contribution in [-0.4, -0.2) is 33.8 Å². The molecule has 154 valence electrons. The van der Waals surface area contributed by atoms with E-state index in [4.69, 9.17) is 4.99 Å². The Morgan fingerprint density at radius 3 is 2.44 bits per heavy atom. The minimum atomic E-state index is -0.695. The number of aliphatic imine (C=N–C) groups is 1. The Kier molecular flexibility index (Phi) is 10.9. The van der Waals surface area contributed by atoms with Crippen molar-refractivity contribution >= 4 is 40.7 Å². The molecule has 2 rings (SSSR count). The third kappa shape index (κ3) is 7.37. The van der Waals surface area contributed by atoms with Crippen LogP contribution in [0.3, 0.4) is 0 Å². The fourth-order valence-corrected chi connectivity index (χ4v) is 5.23. The Morgan fingerprint density at radius 2 is 1.85 bits per heavy atom. The second-order valence-corrected chi connectivity index (χ2v) is 9.38. The van der Waals surface area contributed by atoms with Crippen molar-refractivity contribution in [2.75, 3.05) is 12.3 Å². The van der Waals surface area contributed by atoms with Crippen LogP contribution in [0.2, 0.25) is 0 Å². The van der Waals surface area contributed by atoms with Gasteiger partial charge in [-0.2, -0.15) is 0 Å². The Morgan fingerprint density at radius 1 is 1.19 bits per heavy atom. The topological polar surface area (TPSA) is 53.5 Å². The van der Waals surface area contributed by atoms with Crippen LogP contribution in [0.15, 0.2) is 17.1 Å². The van der Waals surface area contributed by atoms with Crippen molar-refractivity contribution in [3.63, 3.8) is 0 Å². The summed E-state index contributed by atoms with van der Waals surface area (Å²) >= 11 is 0. The van der Waals surface area contributed by atoms with Crippen molar-refractivity contribution in [2.24, 2.45) is 4.99 Å². The van der Waals surface area contributed by atoms with Gasteiger partial charge in [0.25, 0.3) is 0 Å². The molecule has 1 aliphatic rings. The number of halogens is 1. The molecule has 1 aromatic rings. The van der Waals surface area contributed by atoms with E-state index in [0.717, 1.165) is 43.9 Å². The average molecular weight is 506 g/mol. The van der Waals surface area contributed by atoms with Gasteiger partial charge < -0.3 is 10.6 Å². The summed E-state index contributed by atoms with van der Waals surface area (Å²) < 4.78 is 12.2. The van der Waals surface area contributed by atoms with E-state index in [-0.39, 0.29) is 24.0 Å². The quantitative estimate of drug-likeness (QED) is 0.343. The van der Waals surface area contributed by atoms with Crippen LogP contribution >= 0.6 is 24.0 Å². The first-order valence-corrected chi connectivity index (χ1v) is 11.3. The molecular weight excluding hydrogens is 469 g/mol. The van der Waals surface area contributed by atoms with Gasteiger partial charge >= 0.3 is 0 Å². The van der Waals surface area contributed by atoms with Gasteiger partial charge in [0, 0.05) is 34.4 Å². The number of rotatable bonds is 6. The second kappa shape index (κ2) is 12.0. The zero-order chi connectivity index (χ0) is 19.1. The minimum absolute atomic E-state index is 0. The minimum Gasteiger partial charge on any atom is -0.357 e.